The predicted molar refractivity (Wildman–Crippen MR) is 73.2 cm³/mol. The molecule has 0 radical (unpaired) electrons. The summed E-state index contributed by atoms with van der Waals surface area (Å²) in [7, 11) is 0. The van der Waals surface area contributed by atoms with Gasteiger partial charge in [-0.2, -0.15) is 0 Å². The van der Waals surface area contributed by atoms with Crippen LogP contribution in [0.25, 0.3) is 0 Å². The number of nitrogens with one attached hydrogen (secondary N) is 1. The number of hydrogen-bond donors (Lipinski definition) is 2. The number of aliphatic hydroxyl groups is 1. The van der Waals surface area contributed by atoms with Crippen LogP contribution in [0.2, 0.25) is 0 Å². The highest BCUT2D eigenvalue weighted by Gasteiger charge is 2.33. The first-order chi connectivity index (χ1) is 8.02. The molecule has 1 saturated heterocycles. The Labute approximate surface area is 107 Å². The van der Waals surface area contributed by atoms with Crippen molar-refractivity contribution in [2.24, 2.45) is 5.92 Å². The van der Waals surface area contributed by atoms with E-state index in [1.165, 1.54) is 19.4 Å². The minimum Gasteiger partial charge on any atom is -0.394 e. The molecule has 0 amide bonds. The molecule has 1 aliphatic rings. The highest BCUT2D eigenvalue weighted by Crippen LogP contribution is 2.25. The van der Waals surface area contributed by atoms with E-state index in [1.54, 1.807) is 0 Å². The van der Waals surface area contributed by atoms with E-state index in [1.807, 2.05) is 0 Å². The van der Waals surface area contributed by atoms with Gasteiger partial charge in [0.05, 0.1) is 12.1 Å². The third kappa shape index (κ3) is 4.23. The molecule has 0 spiro atoms. The summed E-state index contributed by atoms with van der Waals surface area (Å²) in [6, 6.07) is 0.698. The molecule has 1 fully saturated rings. The maximum absolute atomic E-state index is 9.61. The average Bonchev–Trinajstić information content (AvgIpc) is 2.74. The van der Waals surface area contributed by atoms with Gasteiger partial charge >= 0.3 is 0 Å². The van der Waals surface area contributed by atoms with Crippen LogP contribution in [0.5, 0.6) is 0 Å². The van der Waals surface area contributed by atoms with Gasteiger partial charge in [-0.3, -0.25) is 4.90 Å². The monoisotopic (exact) mass is 242 g/mol. The van der Waals surface area contributed by atoms with Gasteiger partial charge in [0.2, 0.25) is 0 Å². The lowest BCUT2D eigenvalue weighted by molar-refractivity contribution is 0.101. The minimum absolute atomic E-state index is 0.145. The summed E-state index contributed by atoms with van der Waals surface area (Å²) in [5.41, 5.74) is -0.145. The van der Waals surface area contributed by atoms with Crippen molar-refractivity contribution in [3.8, 4) is 0 Å². The van der Waals surface area contributed by atoms with Crippen LogP contribution >= 0.6 is 0 Å². The second-order valence-corrected chi connectivity index (χ2v) is 6.07. The first kappa shape index (κ1) is 14.9. The van der Waals surface area contributed by atoms with Crippen molar-refractivity contribution >= 4 is 0 Å². The lowest BCUT2D eigenvalue weighted by Gasteiger charge is -2.37. The molecule has 2 atom stereocenters. The Bertz CT molecular complexity index is 220. The Morgan fingerprint density at radius 1 is 1.47 bits per heavy atom. The standard InChI is InChI=1S/C14H30N2O/c1-5-8-15-14(4,11-17)10-16-9-6-7-13(16)12(2)3/h12-13,15,17H,5-11H2,1-4H3. The fraction of sp³-hybridized carbons (Fsp3) is 1.00. The van der Waals surface area contributed by atoms with Gasteiger partial charge in [0, 0.05) is 12.6 Å². The average molecular weight is 242 g/mol. The maximum atomic E-state index is 9.61. The number of rotatable bonds is 7. The first-order valence-electron chi connectivity index (χ1n) is 7.12. The largest absolute Gasteiger partial charge is 0.394 e. The van der Waals surface area contributed by atoms with Gasteiger partial charge in [0.15, 0.2) is 0 Å². The molecule has 0 aromatic rings. The highest BCUT2D eigenvalue weighted by molar-refractivity contribution is 4.91. The van der Waals surface area contributed by atoms with Crippen molar-refractivity contribution in [2.45, 2.75) is 58.5 Å². The Morgan fingerprint density at radius 2 is 2.18 bits per heavy atom. The van der Waals surface area contributed by atoms with Crippen molar-refractivity contribution in [1.82, 2.24) is 10.2 Å². The van der Waals surface area contributed by atoms with E-state index < -0.39 is 0 Å². The zero-order valence-electron chi connectivity index (χ0n) is 12.0. The summed E-state index contributed by atoms with van der Waals surface area (Å²) in [5.74, 6) is 0.714. The molecule has 3 heteroatoms. The summed E-state index contributed by atoms with van der Waals surface area (Å²) in [6.45, 7) is 12.3. The van der Waals surface area contributed by atoms with E-state index in [-0.39, 0.29) is 12.1 Å². The Kier molecular flexibility index (Phi) is 5.90. The van der Waals surface area contributed by atoms with Crippen LogP contribution in [-0.4, -0.2) is 47.8 Å². The van der Waals surface area contributed by atoms with Crippen LogP contribution < -0.4 is 5.32 Å². The Morgan fingerprint density at radius 3 is 2.71 bits per heavy atom. The first-order valence-corrected chi connectivity index (χ1v) is 7.12. The highest BCUT2D eigenvalue weighted by atomic mass is 16.3. The van der Waals surface area contributed by atoms with Crippen LogP contribution in [0.4, 0.5) is 0 Å². The van der Waals surface area contributed by atoms with Crippen LogP contribution in [0, 0.1) is 5.92 Å². The molecule has 2 unspecified atom stereocenters. The molecule has 17 heavy (non-hydrogen) atoms. The summed E-state index contributed by atoms with van der Waals surface area (Å²) in [4.78, 5) is 2.56. The van der Waals surface area contributed by atoms with Crippen molar-refractivity contribution in [3.63, 3.8) is 0 Å². The molecule has 0 bridgehead atoms. The van der Waals surface area contributed by atoms with Crippen molar-refractivity contribution in [3.05, 3.63) is 0 Å². The third-order valence-electron chi connectivity index (χ3n) is 3.89. The van der Waals surface area contributed by atoms with Crippen LogP contribution in [0.3, 0.4) is 0 Å². The van der Waals surface area contributed by atoms with E-state index >= 15 is 0 Å². The summed E-state index contributed by atoms with van der Waals surface area (Å²) >= 11 is 0. The topological polar surface area (TPSA) is 35.5 Å². The molecule has 3 nitrogen and oxygen atoms in total. The molecule has 102 valence electrons. The molecule has 2 N–H and O–H groups in total. The second kappa shape index (κ2) is 6.72. The molecule has 0 saturated carbocycles. The van der Waals surface area contributed by atoms with Crippen LogP contribution in [-0.2, 0) is 0 Å². The van der Waals surface area contributed by atoms with E-state index in [9.17, 15) is 5.11 Å². The number of likely N-dealkylation sites (tertiary alicyclic amines) is 1. The summed E-state index contributed by atoms with van der Waals surface area (Å²) < 4.78 is 0. The quantitative estimate of drug-likeness (QED) is 0.715. The molecule has 0 aromatic carbocycles. The van der Waals surface area contributed by atoms with Crippen LogP contribution in [0.1, 0.15) is 47.0 Å². The second-order valence-electron chi connectivity index (χ2n) is 6.07. The van der Waals surface area contributed by atoms with E-state index in [0.29, 0.717) is 12.0 Å². The molecular formula is C14H30N2O. The van der Waals surface area contributed by atoms with E-state index in [4.69, 9.17) is 0 Å². The van der Waals surface area contributed by atoms with E-state index in [2.05, 4.69) is 37.9 Å². The number of hydrogen-bond acceptors (Lipinski definition) is 3. The summed E-state index contributed by atoms with van der Waals surface area (Å²) in [6.07, 6.45) is 3.73. The number of aliphatic hydroxyl groups excluding tert-OH is 1. The van der Waals surface area contributed by atoms with Gasteiger partial charge in [0.25, 0.3) is 0 Å². The lowest BCUT2D eigenvalue weighted by atomic mass is 9.98. The molecule has 1 aliphatic heterocycles. The molecule has 0 aromatic heterocycles. The van der Waals surface area contributed by atoms with Gasteiger partial charge in [-0.25, -0.2) is 0 Å². The van der Waals surface area contributed by atoms with Crippen LogP contribution in [0.15, 0.2) is 0 Å². The number of nitrogens with zero attached hydrogens (tertiary/aromatic N) is 1. The molecule has 1 rings (SSSR count). The summed E-state index contributed by atoms with van der Waals surface area (Å²) in [5, 5.41) is 13.1. The van der Waals surface area contributed by atoms with Crippen molar-refractivity contribution in [1.29, 1.82) is 0 Å². The van der Waals surface area contributed by atoms with Crippen molar-refractivity contribution < 1.29 is 5.11 Å². The Balaban J connectivity index is 2.54. The van der Waals surface area contributed by atoms with E-state index in [0.717, 1.165) is 19.5 Å². The molecular weight excluding hydrogens is 212 g/mol. The normalized spacial score (nSPS) is 25.4. The van der Waals surface area contributed by atoms with Gasteiger partial charge in [-0.05, 0) is 45.2 Å². The molecule has 0 aliphatic carbocycles. The fourth-order valence-corrected chi connectivity index (χ4v) is 2.84. The SMILES string of the molecule is CCCNC(C)(CO)CN1CCCC1C(C)C. The third-order valence-corrected chi connectivity index (χ3v) is 3.89. The smallest absolute Gasteiger partial charge is 0.0623 e. The van der Waals surface area contributed by atoms with Gasteiger partial charge in [0.1, 0.15) is 0 Å². The maximum Gasteiger partial charge on any atom is 0.0623 e. The van der Waals surface area contributed by atoms with Crippen molar-refractivity contribution in [2.75, 3.05) is 26.2 Å². The zero-order chi connectivity index (χ0) is 12.9. The minimum atomic E-state index is -0.145. The predicted octanol–water partition coefficient (Wildman–Crippen LogP) is 1.86. The molecule has 1 heterocycles. The van der Waals surface area contributed by atoms with Gasteiger partial charge in [-0.1, -0.05) is 20.8 Å². The van der Waals surface area contributed by atoms with Gasteiger partial charge < -0.3 is 10.4 Å². The fourth-order valence-electron chi connectivity index (χ4n) is 2.84. The lowest BCUT2D eigenvalue weighted by Crippen LogP contribution is -2.55. The zero-order valence-corrected chi connectivity index (χ0v) is 12.0. The van der Waals surface area contributed by atoms with Gasteiger partial charge in [-0.15, -0.1) is 0 Å². The Hall–Kier alpha value is -0.120.